The van der Waals surface area contributed by atoms with Gasteiger partial charge in [0.2, 0.25) is 0 Å². The van der Waals surface area contributed by atoms with Crippen molar-refractivity contribution < 1.29 is 12.8 Å². The van der Waals surface area contributed by atoms with Crippen LogP contribution in [0.2, 0.25) is 0 Å². The predicted molar refractivity (Wildman–Crippen MR) is 64.9 cm³/mol. The van der Waals surface area contributed by atoms with Crippen LogP contribution in [0.3, 0.4) is 0 Å². The van der Waals surface area contributed by atoms with Gasteiger partial charge in [-0.3, -0.25) is 4.98 Å². The van der Waals surface area contributed by atoms with Crippen LogP contribution in [-0.4, -0.2) is 31.5 Å². The number of sulfone groups is 1. The van der Waals surface area contributed by atoms with Gasteiger partial charge in [-0.05, 0) is 19.5 Å². The summed E-state index contributed by atoms with van der Waals surface area (Å²) in [6.45, 7) is 3.98. The molecule has 1 aromatic heterocycles. The van der Waals surface area contributed by atoms with Gasteiger partial charge in [0.1, 0.15) is 5.82 Å². The van der Waals surface area contributed by atoms with E-state index in [0.717, 1.165) is 12.5 Å². The van der Waals surface area contributed by atoms with Crippen molar-refractivity contribution in [3.8, 4) is 0 Å². The fraction of sp³-hybridized carbons (Fsp3) is 0.545. The molecule has 0 aliphatic heterocycles. The van der Waals surface area contributed by atoms with Gasteiger partial charge in [0.15, 0.2) is 9.84 Å². The molecule has 2 atom stereocenters. The fourth-order valence-corrected chi connectivity index (χ4v) is 2.37. The first-order valence-corrected chi connectivity index (χ1v) is 7.35. The van der Waals surface area contributed by atoms with Gasteiger partial charge < -0.3 is 5.32 Å². The Bertz CT molecular complexity index is 476. The number of halogens is 1. The van der Waals surface area contributed by atoms with Crippen LogP contribution in [0, 0.1) is 5.82 Å². The van der Waals surface area contributed by atoms with Crippen LogP contribution in [-0.2, 0) is 9.84 Å². The molecule has 0 saturated heterocycles. The number of rotatable bonds is 5. The van der Waals surface area contributed by atoms with Crippen molar-refractivity contribution >= 4 is 9.84 Å². The second-order valence-electron chi connectivity index (χ2n) is 3.97. The van der Waals surface area contributed by atoms with E-state index in [9.17, 15) is 12.8 Å². The van der Waals surface area contributed by atoms with Crippen LogP contribution < -0.4 is 5.32 Å². The lowest BCUT2D eigenvalue weighted by molar-refractivity contribution is 0.487. The molecule has 0 bridgehead atoms. The summed E-state index contributed by atoms with van der Waals surface area (Å²) >= 11 is 0. The number of hydrogen-bond donors (Lipinski definition) is 1. The van der Waals surface area contributed by atoms with E-state index in [4.69, 9.17) is 0 Å². The molecule has 6 heteroatoms. The average Bonchev–Trinajstić information content (AvgIpc) is 2.25. The van der Waals surface area contributed by atoms with Gasteiger partial charge in [0.25, 0.3) is 0 Å². The van der Waals surface area contributed by atoms with E-state index in [1.807, 2.05) is 6.92 Å². The second-order valence-corrected chi connectivity index (χ2v) is 6.37. The summed E-state index contributed by atoms with van der Waals surface area (Å²) in [7, 11) is -3.24. The molecule has 0 spiro atoms. The van der Waals surface area contributed by atoms with Crippen molar-refractivity contribution in [2.75, 3.05) is 12.8 Å². The van der Waals surface area contributed by atoms with Crippen molar-refractivity contribution in [1.82, 2.24) is 10.3 Å². The molecule has 0 amide bonds. The largest absolute Gasteiger partial charge is 0.309 e. The van der Waals surface area contributed by atoms with E-state index in [1.165, 1.54) is 12.3 Å². The summed E-state index contributed by atoms with van der Waals surface area (Å²) in [6, 6.07) is 0.947. The lowest BCUT2D eigenvalue weighted by Gasteiger charge is -2.24. The molecule has 0 radical (unpaired) electrons. The summed E-state index contributed by atoms with van der Waals surface area (Å²) < 4.78 is 36.7. The third kappa shape index (κ3) is 3.47. The summed E-state index contributed by atoms with van der Waals surface area (Å²) in [5.74, 6) is -0.492. The van der Waals surface area contributed by atoms with Gasteiger partial charge >= 0.3 is 0 Å². The Morgan fingerprint density at radius 1 is 1.53 bits per heavy atom. The summed E-state index contributed by atoms with van der Waals surface area (Å²) in [6.07, 6.45) is 3.70. The Kier molecular flexibility index (Phi) is 4.59. The minimum Gasteiger partial charge on any atom is -0.309 e. The van der Waals surface area contributed by atoms with Crippen LogP contribution in [0.15, 0.2) is 18.5 Å². The second kappa shape index (κ2) is 5.55. The number of hydrogen-bond acceptors (Lipinski definition) is 4. The highest BCUT2D eigenvalue weighted by atomic mass is 32.2. The first-order chi connectivity index (χ1) is 7.88. The third-order valence-corrected chi connectivity index (χ3v) is 4.33. The van der Waals surface area contributed by atoms with Crippen LogP contribution in [0.4, 0.5) is 4.39 Å². The van der Waals surface area contributed by atoms with Crippen LogP contribution >= 0.6 is 0 Å². The number of pyridine rings is 1. The zero-order valence-electron chi connectivity index (χ0n) is 10.1. The van der Waals surface area contributed by atoms with Gasteiger partial charge in [0, 0.05) is 18.0 Å². The van der Waals surface area contributed by atoms with Gasteiger partial charge in [0.05, 0.1) is 17.5 Å². The Balaban J connectivity index is 3.14. The molecule has 0 aliphatic carbocycles. The quantitative estimate of drug-likeness (QED) is 0.867. The molecule has 96 valence electrons. The van der Waals surface area contributed by atoms with Gasteiger partial charge in [-0.15, -0.1) is 0 Å². The molecule has 1 N–H and O–H groups in total. The Morgan fingerprint density at radius 3 is 2.65 bits per heavy atom. The molecule has 17 heavy (non-hydrogen) atoms. The molecule has 0 aliphatic rings. The molecule has 1 aromatic rings. The highest BCUT2D eigenvalue weighted by molar-refractivity contribution is 7.91. The maximum atomic E-state index is 13.6. The average molecular weight is 260 g/mol. The first kappa shape index (κ1) is 14.1. The van der Waals surface area contributed by atoms with Gasteiger partial charge in [-0.25, -0.2) is 12.8 Å². The molecule has 1 heterocycles. The first-order valence-electron chi connectivity index (χ1n) is 5.39. The van der Waals surface area contributed by atoms with Crippen molar-refractivity contribution in [3.63, 3.8) is 0 Å². The minimum atomic E-state index is -3.24. The van der Waals surface area contributed by atoms with Crippen molar-refractivity contribution in [3.05, 3.63) is 29.8 Å². The summed E-state index contributed by atoms with van der Waals surface area (Å²) in [5, 5.41) is 2.30. The van der Waals surface area contributed by atoms with E-state index in [0.29, 0.717) is 12.1 Å². The van der Waals surface area contributed by atoms with Gasteiger partial charge in [-0.1, -0.05) is 6.92 Å². The minimum absolute atomic E-state index is 0.333. The smallest absolute Gasteiger partial charge is 0.151 e. The van der Waals surface area contributed by atoms with Crippen molar-refractivity contribution in [2.24, 2.45) is 0 Å². The standard InChI is InChI=1S/C11H17FN2O2S/c1-4-14-11(8(2)17(3,15)16)9-5-6-13-7-10(9)12/h5-8,11,14H,4H2,1-3H3. The van der Waals surface area contributed by atoms with E-state index in [1.54, 1.807) is 6.92 Å². The topological polar surface area (TPSA) is 59.1 Å². The van der Waals surface area contributed by atoms with Crippen molar-refractivity contribution in [1.29, 1.82) is 0 Å². The maximum Gasteiger partial charge on any atom is 0.151 e. The molecule has 0 aromatic carbocycles. The molecular weight excluding hydrogens is 243 g/mol. The molecule has 0 saturated carbocycles. The van der Waals surface area contributed by atoms with Gasteiger partial charge in [-0.2, -0.15) is 0 Å². The normalized spacial score (nSPS) is 15.5. The summed E-state index contributed by atoms with van der Waals surface area (Å²) in [5.41, 5.74) is 0.333. The Hall–Kier alpha value is -1.01. The maximum absolute atomic E-state index is 13.6. The molecule has 1 rings (SSSR count). The number of nitrogens with one attached hydrogen (secondary N) is 1. The highest BCUT2D eigenvalue weighted by Gasteiger charge is 2.28. The zero-order chi connectivity index (χ0) is 13.1. The van der Waals surface area contributed by atoms with Crippen LogP contribution in [0.25, 0.3) is 0 Å². The molecule has 0 fully saturated rings. The van der Waals surface area contributed by atoms with Crippen LogP contribution in [0.1, 0.15) is 25.5 Å². The lowest BCUT2D eigenvalue weighted by atomic mass is 10.1. The molecular formula is C11H17FN2O2S. The van der Waals surface area contributed by atoms with Crippen molar-refractivity contribution in [2.45, 2.75) is 25.1 Å². The van der Waals surface area contributed by atoms with E-state index < -0.39 is 26.9 Å². The fourth-order valence-electron chi connectivity index (χ4n) is 1.63. The summed E-state index contributed by atoms with van der Waals surface area (Å²) in [4.78, 5) is 3.66. The molecule has 2 unspecified atom stereocenters. The zero-order valence-corrected chi connectivity index (χ0v) is 11.0. The number of aromatic nitrogens is 1. The SMILES string of the molecule is CCNC(c1ccncc1F)C(C)S(C)(=O)=O. The monoisotopic (exact) mass is 260 g/mol. The number of nitrogens with zero attached hydrogens (tertiary/aromatic N) is 1. The van der Waals surface area contributed by atoms with E-state index in [-0.39, 0.29) is 0 Å². The third-order valence-electron chi connectivity index (χ3n) is 2.71. The van der Waals surface area contributed by atoms with Crippen LogP contribution in [0.5, 0.6) is 0 Å². The highest BCUT2D eigenvalue weighted by Crippen LogP contribution is 2.23. The van der Waals surface area contributed by atoms with E-state index in [2.05, 4.69) is 10.3 Å². The Labute approximate surface area is 101 Å². The van der Waals surface area contributed by atoms with E-state index >= 15 is 0 Å². The Morgan fingerprint density at radius 2 is 2.18 bits per heavy atom. The lowest BCUT2D eigenvalue weighted by Crippen LogP contribution is -2.35. The molecule has 4 nitrogen and oxygen atoms in total. The predicted octanol–water partition coefficient (Wildman–Crippen LogP) is 1.30.